The van der Waals surface area contributed by atoms with E-state index >= 15 is 0 Å². The summed E-state index contributed by atoms with van der Waals surface area (Å²) < 4.78 is 0.693. The van der Waals surface area contributed by atoms with Gasteiger partial charge in [-0.15, -0.1) is 0 Å². The number of amides is 2. The molecule has 0 spiro atoms. The quantitative estimate of drug-likeness (QED) is 0.362. The molecule has 0 saturated heterocycles. The second-order valence-electron chi connectivity index (χ2n) is 7.26. The van der Waals surface area contributed by atoms with Gasteiger partial charge in [0.2, 0.25) is 11.8 Å². The first-order chi connectivity index (χ1) is 10.5. The third-order valence-corrected chi connectivity index (χ3v) is 3.68. The van der Waals surface area contributed by atoms with Crippen molar-refractivity contribution in [3.8, 4) is 6.07 Å². The van der Waals surface area contributed by atoms with Gasteiger partial charge in [0.15, 0.2) is 0 Å². The third kappa shape index (κ3) is 10.5. The highest BCUT2D eigenvalue weighted by Gasteiger charge is 2.25. The van der Waals surface area contributed by atoms with Crippen molar-refractivity contribution in [1.29, 1.82) is 5.26 Å². The lowest BCUT2D eigenvalue weighted by Gasteiger charge is -2.34. The molecule has 0 aromatic rings. The Kier molecular flexibility index (Phi) is 8.55. The Hall–Kier alpha value is -1.87. The van der Waals surface area contributed by atoms with Crippen molar-refractivity contribution in [3.63, 3.8) is 0 Å². The van der Waals surface area contributed by atoms with Crippen molar-refractivity contribution in [2.75, 3.05) is 33.7 Å². The van der Waals surface area contributed by atoms with E-state index in [-0.39, 0.29) is 17.4 Å². The molecule has 0 heterocycles. The Morgan fingerprint density at radius 2 is 1.87 bits per heavy atom. The highest BCUT2D eigenvalue weighted by molar-refractivity contribution is 5.92. The third-order valence-electron chi connectivity index (χ3n) is 3.68. The van der Waals surface area contributed by atoms with Crippen LogP contribution in [0.2, 0.25) is 0 Å². The maximum atomic E-state index is 11.7. The molecule has 130 valence electrons. The Balaban J connectivity index is 4.25. The first kappa shape index (κ1) is 21.1. The summed E-state index contributed by atoms with van der Waals surface area (Å²) in [6, 6.07) is 2.00. The van der Waals surface area contributed by atoms with Gasteiger partial charge in [0.25, 0.3) is 0 Å². The van der Waals surface area contributed by atoms with E-state index in [0.29, 0.717) is 36.0 Å². The summed E-state index contributed by atoms with van der Waals surface area (Å²) in [5.41, 5.74) is 0.182. The van der Waals surface area contributed by atoms with Gasteiger partial charge in [-0.2, -0.15) is 5.26 Å². The van der Waals surface area contributed by atoms with Gasteiger partial charge < -0.3 is 15.1 Å². The molecule has 2 N–H and O–H groups in total. The summed E-state index contributed by atoms with van der Waals surface area (Å²) in [7, 11) is 4.14. The van der Waals surface area contributed by atoms with Crippen molar-refractivity contribution < 1.29 is 14.1 Å². The minimum absolute atomic E-state index is 0.0266. The Morgan fingerprint density at radius 3 is 2.39 bits per heavy atom. The fourth-order valence-corrected chi connectivity index (χ4v) is 1.92. The highest BCUT2D eigenvalue weighted by Crippen LogP contribution is 2.13. The normalized spacial score (nSPS) is 11.5. The number of quaternary nitrogens is 1. The zero-order valence-corrected chi connectivity index (χ0v) is 15.2. The molecule has 0 aliphatic carbocycles. The number of nitriles is 1. The molecule has 6 heteroatoms. The Morgan fingerprint density at radius 1 is 1.26 bits per heavy atom. The number of nitrogens with one attached hydrogen (secondary N) is 2. The monoisotopic (exact) mass is 323 g/mol. The molecular weight excluding hydrogens is 292 g/mol. The van der Waals surface area contributed by atoms with E-state index in [1.54, 1.807) is 6.92 Å². The van der Waals surface area contributed by atoms with Gasteiger partial charge in [-0.1, -0.05) is 6.58 Å². The van der Waals surface area contributed by atoms with Crippen LogP contribution in [0.15, 0.2) is 12.2 Å². The largest absolute Gasteiger partial charge is 0.355 e. The molecule has 0 aromatic heterocycles. The average molecular weight is 323 g/mol. The average Bonchev–Trinajstić information content (AvgIpc) is 2.43. The van der Waals surface area contributed by atoms with E-state index in [4.69, 9.17) is 5.26 Å². The Labute approximate surface area is 140 Å². The fourth-order valence-electron chi connectivity index (χ4n) is 1.92. The van der Waals surface area contributed by atoms with Gasteiger partial charge in [0.05, 0.1) is 46.1 Å². The summed E-state index contributed by atoms with van der Waals surface area (Å²) in [5, 5.41) is 14.1. The molecule has 0 aliphatic rings. The lowest BCUT2D eigenvalue weighted by Crippen LogP contribution is -2.50. The SMILES string of the molecule is C=C(C)C(=O)NC(C)(C)CC[N+](C)(C)CCC(=O)NCCC#N. The lowest BCUT2D eigenvalue weighted by atomic mass is 9.99. The zero-order valence-electron chi connectivity index (χ0n) is 15.2. The van der Waals surface area contributed by atoms with Crippen molar-refractivity contribution in [2.45, 2.75) is 45.6 Å². The summed E-state index contributed by atoms with van der Waals surface area (Å²) >= 11 is 0. The summed E-state index contributed by atoms with van der Waals surface area (Å²) in [4.78, 5) is 23.4. The number of rotatable bonds is 10. The summed E-state index contributed by atoms with van der Waals surface area (Å²) in [6.45, 7) is 11.3. The van der Waals surface area contributed by atoms with Crippen LogP contribution in [0.3, 0.4) is 0 Å². The number of hydrogen-bond acceptors (Lipinski definition) is 3. The van der Waals surface area contributed by atoms with Gasteiger partial charge in [-0.25, -0.2) is 0 Å². The number of hydrogen-bond donors (Lipinski definition) is 2. The van der Waals surface area contributed by atoms with Gasteiger partial charge in [-0.05, 0) is 20.8 Å². The van der Waals surface area contributed by atoms with Crippen LogP contribution in [0.25, 0.3) is 0 Å². The van der Waals surface area contributed by atoms with Gasteiger partial charge >= 0.3 is 0 Å². The molecule has 0 aromatic carbocycles. The molecule has 0 radical (unpaired) electrons. The van der Waals surface area contributed by atoms with Gasteiger partial charge in [-0.3, -0.25) is 9.59 Å². The molecule has 0 fully saturated rings. The molecule has 6 nitrogen and oxygen atoms in total. The van der Waals surface area contributed by atoms with E-state index in [9.17, 15) is 9.59 Å². The maximum absolute atomic E-state index is 11.7. The fraction of sp³-hybridized carbons (Fsp3) is 0.706. The molecule has 0 saturated carbocycles. The minimum atomic E-state index is -0.319. The molecule has 0 bridgehead atoms. The molecule has 23 heavy (non-hydrogen) atoms. The molecule has 0 unspecified atom stereocenters. The van der Waals surface area contributed by atoms with Crippen LogP contribution in [0.5, 0.6) is 0 Å². The van der Waals surface area contributed by atoms with Crippen LogP contribution < -0.4 is 10.6 Å². The second kappa shape index (κ2) is 9.31. The van der Waals surface area contributed by atoms with Gasteiger partial charge in [0, 0.05) is 24.1 Å². The maximum Gasteiger partial charge on any atom is 0.246 e. The van der Waals surface area contributed by atoms with E-state index in [2.05, 4.69) is 31.3 Å². The molecule has 0 aliphatic heterocycles. The molecule has 0 atom stereocenters. The standard InChI is InChI=1S/C17H30N4O2/c1-14(2)16(23)20-17(3,4)9-13-21(5,6)12-8-15(22)19-11-7-10-18/h1,7-9,11-13H2,2-6H3,(H-,19,20,22,23)/p+1. The zero-order chi connectivity index (χ0) is 18.1. The number of carbonyl (C=O) groups is 2. The van der Waals surface area contributed by atoms with Crippen molar-refractivity contribution >= 4 is 11.8 Å². The van der Waals surface area contributed by atoms with E-state index in [1.165, 1.54) is 0 Å². The minimum Gasteiger partial charge on any atom is -0.355 e. The van der Waals surface area contributed by atoms with Gasteiger partial charge in [0.1, 0.15) is 0 Å². The summed E-state index contributed by atoms with van der Waals surface area (Å²) in [5.74, 6) is -0.154. The predicted molar refractivity (Wildman–Crippen MR) is 91.4 cm³/mol. The van der Waals surface area contributed by atoms with Crippen molar-refractivity contribution in [3.05, 3.63) is 12.2 Å². The van der Waals surface area contributed by atoms with Crippen LogP contribution in [0.1, 0.15) is 40.0 Å². The van der Waals surface area contributed by atoms with E-state index in [0.717, 1.165) is 13.0 Å². The van der Waals surface area contributed by atoms with Crippen molar-refractivity contribution in [2.24, 2.45) is 0 Å². The second-order valence-corrected chi connectivity index (χ2v) is 7.26. The topological polar surface area (TPSA) is 82.0 Å². The predicted octanol–water partition coefficient (Wildman–Crippen LogP) is 1.34. The number of carbonyl (C=O) groups excluding carboxylic acids is 2. The van der Waals surface area contributed by atoms with Crippen LogP contribution in [-0.2, 0) is 9.59 Å². The molecule has 2 amide bonds. The van der Waals surface area contributed by atoms with Crippen LogP contribution >= 0.6 is 0 Å². The Bertz CT molecular complexity index is 475. The highest BCUT2D eigenvalue weighted by atomic mass is 16.2. The summed E-state index contributed by atoms with van der Waals surface area (Å²) in [6.07, 6.45) is 1.56. The van der Waals surface area contributed by atoms with Crippen LogP contribution in [0, 0.1) is 11.3 Å². The van der Waals surface area contributed by atoms with Crippen LogP contribution in [-0.4, -0.2) is 55.6 Å². The van der Waals surface area contributed by atoms with Crippen molar-refractivity contribution in [1.82, 2.24) is 10.6 Å². The molecule has 0 rings (SSSR count). The first-order valence-corrected chi connectivity index (χ1v) is 7.93. The smallest absolute Gasteiger partial charge is 0.246 e. The number of nitrogens with zero attached hydrogens (tertiary/aromatic N) is 2. The van der Waals surface area contributed by atoms with Crippen LogP contribution in [0.4, 0.5) is 0 Å². The first-order valence-electron chi connectivity index (χ1n) is 7.93. The lowest BCUT2D eigenvalue weighted by molar-refractivity contribution is -0.890. The molecular formula is C17H31N4O2+. The van der Waals surface area contributed by atoms with E-state index < -0.39 is 0 Å². The van der Waals surface area contributed by atoms with E-state index in [1.807, 2.05) is 19.9 Å².